The van der Waals surface area contributed by atoms with E-state index in [0.717, 1.165) is 22.9 Å². The molecule has 0 aliphatic rings. The molecular formula is C21H22N4O5S. The summed E-state index contributed by atoms with van der Waals surface area (Å²) in [5.41, 5.74) is 4.43. The zero-order valence-electron chi connectivity index (χ0n) is 17.0. The lowest BCUT2D eigenvalue weighted by atomic mass is 10.0. The first-order chi connectivity index (χ1) is 14.7. The normalized spacial score (nSPS) is 13.4. The van der Waals surface area contributed by atoms with E-state index in [9.17, 15) is 18.0 Å². The number of hydrogen-bond acceptors (Lipinski definition) is 7. The van der Waals surface area contributed by atoms with Crippen molar-refractivity contribution in [3.63, 3.8) is 0 Å². The van der Waals surface area contributed by atoms with Crippen molar-refractivity contribution in [3.8, 4) is 22.3 Å². The Morgan fingerprint density at radius 2 is 1.65 bits per heavy atom. The molecule has 10 heteroatoms. The molecule has 162 valence electrons. The van der Waals surface area contributed by atoms with Crippen LogP contribution in [-0.4, -0.2) is 45.1 Å². The average Bonchev–Trinajstić information content (AvgIpc) is 2.77. The molecule has 3 rings (SSSR count). The van der Waals surface area contributed by atoms with E-state index >= 15 is 0 Å². The van der Waals surface area contributed by atoms with Crippen molar-refractivity contribution in [1.82, 2.24) is 20.0 Å². The smallest absolute Gasteiger partial charge is 0.264 e. The largest absolute Gasteiger partial charge is 0.315 e. The zero-order valence-corrected chi connectivity index (χ0v) is 17.8. The van der Waals surface area contributed by atoms with E-state index in [4.69, 9.17) is 5.21 Å². The number of hydroxylamine groups is 1. The summed E-state index contributed by atoms with van der Waals surface area (Å²) in [5.74, 6) is -1.04. The Kier molecular flexibility index (Phi) is 6.32. The summed E-state index contributed by atoms with van der Waals surface area (Å²) in [4.78, 5) is 32.5. The number of carbonyl (C=O) groups is 1. The second kappa shape index (κ2) is 8.78. The van der Waals surface area contributed by atoms with Crippen LogP contribution < -0.4 is 11.0 Å². The van der Waals surface area contributed by atoms with Gasteiger partial charge in [-0.25, -0.2) is 23.9 Å². The van der Waals surface area contributed by atoms with Crippen LogP contribution in [0.2, 0.25) is 0 Å². The van der Waals surface area contributed by atoms with E-state index in [1.807, 2.05) is 24.3 Å². The van der Waals surface area contributed by atoms with Gasteiger partial charge in [0.15, 0.2) is 14.6 Å². The minimum Gasteiger partial charge on any atom is -0.315 e. The second-order valence-corrected chi connectivity index (χ2v) is 9.79. The molecule has 3 aromatic rings. The molecule has 1 amide bonds. The van der Waals surface area contributed by atoms with Gasteiger partial charge in [-0.05, 0) is 36.1 Å². The van der Waals surface area contributed by atoms with Crippen LogP contribution in [0.3, 0.4) is 0 Å². The SMILES string of the molecule is C[C@@](CCn1ccc(-c2ccc(-c3cncnc3)cc2)cc1=O)(C(=O)NO)S(C)(=O)=O. The lowest BCUT2D eigenvalue weighted by Gasteiger charge is -2.25. The third kappa shape index (κ3) is 4.70. The predicted octanol–water partition coefficient (Wildman–Crippen LogP) is 1.67. The summed E-state index contributed by atoms with van der Waals surface area (Å²) < 4.78 is 23.6. The Morgan fingerprint density at radius 1 is 1.06 bits per heavy atom. The molecule has 2 heterocycles. The number of benzene rings is 1. The average molecular weight is 442 g/mol. The molecular weight excluding hydrogens is 420 g/mol. The minimum absolute atomic E-state index is 0.0109. The van der Waals surface area contributed by atoms with Crippen molar-refractivity contribution in [1.29, 1.82) is 0 Å². The molecule has 0 saturated heterocycles. The van der Waals surface area contributed by atoms with Crippen LogP contribution in [0, 0.1) is 0 Å². The molecule has 0 aliphatic carbocycles. The minimum atomic E-state index is -3.83. The van der Waals surface area contributed by atoms with Crippen LogP contribution in [0.4, 0.5) is 0 Å². The van der Waals surface area contributed by atoms with Gasteiger partial charge in [0.2, 0.25) is 0 Å². The van der Waals surface area contributed by atoms with E-state index in [2.05, 4.69) is 9.97 Å². The zero-order chi connectivity index (χ0) is 22.6. The monoisotopic (exact) mass is 442 g/mol. The van der Waals surface area contributed by atoms with Gasteiger partial charge in [0.05, 0.1) is 0 Å². The summed E-state index contributed by atoms with van der Waals surface area (Å²) in [5, 5.41) is 8.90. The highest BCUT2D eigenvalue weighted by Gasteiger charge is 2.43. The number of aromatic nitrogens is 3. The lowest BCUT2D eigenvalue weighted by Crippen LogP contribution is -2.49. The van der Waals surface area contributed by atoms with Crippen molar-refractivity contribution in [3.05, 3.63) is 71.7 Å². The summed E-state index contributed by atoms with van der Waals surface area (Å²) in [6.45, 7) is 1.20. The molecule has 0 radical (unpaired) electrons. The summed E-state index contributed by atoms with van der Waals surface area (Å²) >= 11 is 0. The first-order valence-corrected chi connectivity index (χ1v) is 11.3. The standard InChI is InChI=1S/C21H22N4O5S/c1-21(20(27)24-28,31(2,29)30)8-10-25-9-7-17(11-19(25)26)15-3-5-16(6-4-15)18-12-22-14-23-13-18/h3-7,9,11-14,28H,8,10H2,1-2H3,(H,24,27)/t21-/m1/s1. The van der Waals surface area contributed by atoms with Gasteiger partial charge in [-0.1, -0.05) is 24.3 Å². The van der Waals surface area contributed by atoms with E-state index in [1.54, 1.807) is 24.7 Å². The molecule has 0 spiro atoms. The number of hydrogen-bond donors (Lipinski definition) is 2. The number of carbonyl (C=O) groups excluding carboxylic acids is 1. The Balaban J connectivity index is 1.80. The fraction of sp³-hybridized carbons (Fsp3) is 0.238. The number of pyridine rings is 1. The number of sulfone groups is 1. The van der Waals surface area contributed by atoms with Gasteiger partial charge in [0.1, 0.15) is 6.33 Å². The summed E-state index contributed by atoms with van der Waals surface area (Å²) in [6.07, 6.45) is 7.18. The first kappa shape index (κ1) is 22.3. The maximum absolute atomic E-state index is 12.6. The lowest BCUT2D eigenvalue weighted by molar-refractivity contribution is -0.131. The fourth-order valence-electron chi connectivity index (χ4n) is 3.09. The van der Waals surface area contributed by atoms with Gasteiger partial charge >= 0.3 is 0 Å². The molecule has 0 unspecified atom stereocenters. The van der Waals surface area contributed by atoms with Crippen LogP contribution in [-0.2, 0) is 21.2 Å². The van der Waals surface area contributed by atoms with Gasteiger partial charge in [-0.3, -0.25) is 14.8 Å². The van der Waals surface area contributed by atoms with Crippen molar-refractivity contribution in [2.75, 3.05) is 6.26 Å². The molecule has 9 nitrogen and oxygen atoms in total. The van der Waals surface area contributed by atoms with Gasteiger partial charge in [0.25, 0.3) is 11.5 Å². The molecule has 31 heavy (non-hydrogen) atoms. The Bertz CT molecular complexity index is 1240. The van der Waals surface area contributed by atoms with E-state index in [0.29, 0.717) is 5.56 Å². The summed E-state index contributed by atoms with van der Waals surface area (Å²) in [7, 11) is -3.83. The highest BCUT2D eigenvalue weighted by Crippen LogP contribution is 2.24. The Morgan fingerprint density at radius 3 is 2.16 bits per heavy atom. The molecule has 1 atom stereocenters. The van der Waals surface area contributed by atoms with Crippen molar-refractivity contribution >= 4 is 15.7 Å². The molecule has 0 saturated carbocycles. The van der Waals surface area contributed by atoms with E-state index < -0.39 is 20.5 Å². The van der Waals surface area contributed by atoms with Gasteiger partial charge in [-0.15, -0.1) is 0 Å². The van der Waals surface area contributed by atoms with Crippen molar-refractivity contribution in [2.45, 2.75) is 24.6 Å². The number of amides is 1. The molecule has 0 aliphatic heterocycles. The number of rotatable bonds is 7. The van der Waals surface area contributed by atoms with Crippen LogP contribution in [0.15, 0.2) is 66.1 Å². The predicted molar refractivity (Wildman–Crippen MR) is 115 cm³/mol. The van der Waals surface area contributed by atoms with Crippen LogP contribution >= 0.6 is 0 Å². The van der Waals surface area contributed by atoms with Gasteiger partial charge in [-0.2, -0.15) is 0 Å². The van der Waals surface area contributed by atoms with Gasteiger partial charge in [0, 0.05) is 43.0 Å². The maximum atomic E-state index is 12.6. The Labute approximate surface area is 179 Å². The topological polar surface area (TPSA) is 131 Å². The molecule has 2 aromatic heterocycles. The van der Waals surface area contributed by atoms with Crippen LogP contribution in [0.25, 0.3) is 22.3 Å². The van der Waals surface area contributed by atoms with E-state index in [1.165, 1.54) is 29.4 Å². The number of nitrogens with zero attached hydrogens (tertiary/aromatic N) is 3. The quantitative estimate of drug-likeness (QED) is 0.420. The van der Waals surface area contributed by atoms with E-state index in [-0.39, 0.29) is 18.5 Å². The third-order valence-electron chi connectivity index (χ3n) is 5.34. The Hall–Kier alpha value is -3.37. The fourth-order valence-corrected chi connectivity index (χ4v) is 3.94. The van der Waals surface area contributed by atoms with Crippen LogP contribution in [0.1, 0.15) is 13.3 Å². The van der Waals surface area contributed by atoms with Crippen molar-refractivity contribution < 1.29 is 18.4 Å². The molecule has 1 aromatic carbocycles. The highest BCUT2D eigenvalue weighted by atomic mass is 32.2. The summed E-state index contributed by atoms with van der Waals surface area (Å²) in [6, 6.07) is 10.8. The van der Waals surface area contributed by atoms with Gasteiger partial charge < -0.3 is 4.57 Å². The maximum Gasteiger partial charge on any atom is 0.264 e. The molecule has 0 fully saturated rings. The molecule has 0 bridgehead atoms. The first-order valence-electron chi connectivity index (χ1n) is 9.36. The number of nitrogens with one attached hydrogen (secondary N) is 1. The third-order valence-corrected chi connectivity index (χ3v) is 7.36. The van der Waals surface area contributed by atoms with Crippen LogP contribution in [0.5, 0.6) is 0 Å². The molecule has 2 N–H and O–H groups in total. The van der Waals surface area contributed by atoms with Crippen molar-refractivity contribution in [2.24, 2.45) is 0 Å². The number of aryl methyl sites for hydroxylation is 1. The highest BCUT2D eigenvalue weighted by molar-refractivity contribution is 7.92. The second-order valence-electron chi connectivity index (χ2n) is 7.35.